The molecule has 2 aromatic rings. The number of carbonyl (C=O) groups is 1. The van der Waals surface area contributed by atoms with Crippen LogP contribution in [0.15, 0.2) is 53.4 Å². The van der Waals surface area contributed by atoms with Gasteiger partial charge in [0.2, 0.25) is 10.0 Å². The van der Waals surface area contributed by atoms with Crippen LogP contribution in [0.1, 0.15) is 19.4 Å². The summed E-state index contributed by atoms with van der Waals surface area (Å²) < 4.78 is 32.3. The zero-order valence-electron chi connectivity index (χ0n) is 15.3. The van der Waals surface area contributed by atoms with Crippen molar-refractivity contribution in [3.63, 3.8) is 0 Å². The van der Waals surface area contributed by atoms with Gasteiger partial charge < -0.3 is 15.2 Å². The van der Waals surface area contributed by atoms with Crippen LogP contribution in [0, 0.1) is 0 Å². The molecule has 1 unspecified atom stereocenters. The Hall–Kier alpha value is -2.58. The summed E-state index contributed by atoms with van der Waals surface area (Å²) in [6, 6.07) is 12.7. The minimum Gasteiger partial charge on any atom is -0.508 e. The van der Waals surface area contributed by atoms with Crippen LogP contribution in [0.3, 0.4) is 0 Å². The molecule has 0 saturated carbocycles. The number of nitrogens with one attached hydrogen (secondary N) is 2. The third-order valence-corrected chi connectivity index (χ3v) is 5.35. The number of benzene rings is 2. The maximum absolute atomic E-state index is 12.2. The van der Waals surface area contributed by atoms with Crippen LogP contribution < -0.4 is 14.8 Å². The lowest BCUT2D eigenvalue weighted by molar-refractivity contribution is -0.127. The summed E-state index contributed by atoms with van der Waals surface area (Å²) in [5, 5.41) is 11.8. The highest BCUT2D eigenvalue weighted by molar-refractivity contribution is 7.89. The van der Waals surface area contributed by atoms with Crippen molar-refractivity contribution in [2.24, 2.45) is 0 Å². The number of hydrogen-bond acceptors (Lipinski definition) is 5. The first-order chi connectivity index (χ1) is 12.8. The molecule has 0 aromatic heterocycles. The van der Waals surface area contributed by atoms with E-state index in [9.17, 15) is 18.3 Å². The normalized spacial score (nSPS) is 12.4. The Kier molecular flexibility index (Phi) is 7.20. The van der Waals surface area contributed by atoms with Gasteiger partial charge in [0, 0.05) is 13.1 Å². The van der Waals surface area contributed by atoms with E-state index in [1.165, 1.54) is 12.1 Å². The smallest absolute Gasteiger partial charge is 0.260 e. The van der Waals surface area contributed by atoms with Crippen LogP contribution >= 0.6 is 0 Å². The summed E-state index contributed by atoms with van der Waals surface area (Å²) in [6.45, 7) is 3.78. The first-order valence-corrected chi connectivity index (χ1v) is 10.1. The maximum Gasteiger partial charge on any atom is 0.260 e. The summed E-state index contributed by atoms with van der Waals surface area (Å²) in [5.41, 5.74) is 1.06. The van der Waals surface area contributed by atoms with E-state index in [0.717, 1.165) is 12.0 Å². The fraction of sp³-hybridized carbons (Fsp3) is 0.316. The van der Waals surface area contributed by atoms with E-state index in [4.69, 9.17) is 4.74 Å². The highest BCUT2D eigenvalue weighted by Crippen LogP contribution is 2.17. The molecule has 0 radical (unpaired) electrons. The van der Waals surface area contributed by atoms with Crippen molar-refractivity contribution in [1.82, 2.24) is 10.0 Å². The van der Waals surface area contributed by atoms with Crippen molar-refractivity contribution in [2.75, 3.05) is 13.1 Å². The summed E-state index contributed by atoms with van der Waals surface area (Å²) in [5.74, 6) is 0.192. The predicted octanol–water partition coefficient (Wildman–Crippen LogP) is 1.82. The first kappa shape index (κ1) is 20.7. The molecule has 27 heavy (non-hydrogen) atoms. The summed E-state index contributed by atoms with van der Waals surface area (Å²) in [6.07, 6.45) is 0.0808. The second kappa shape index (κ2) is 9.38. The van der Waals surface area contributed by atoms with Crippen molar-refractivity contribution in [3.05, 3.63) is 54.1 Å². The molecule has 8 heteroatoms. The van der Waals surface area contributed by atoms with E-state index in [1.807, 2.05) is 6.92 Å². The quantitative estimate of drug-likeness (QED) is 0.565. The number of rotatable bonds is 9. The van der Waals surface area contributed by atoms with Crippen molar-refractivity contribution in [2.45, 2.75) is 31.3 Å². The average molecular weight is 392 g/mol. The lowest BCUT2D eigenvalue weighted by Crippen LogP contribution is -2.40. The molecule has 2 aromatic carbocycles. The van der Waals surface area contributed by atoms with Gasteiger partial charge in [0.25, 0.3) is 5.91 Å². The lowest BCUT2D eigenvalue weighted by atomic mass is 10.2. The van der Waals surface area contributed by atoms with Crippen molar-refractivity contribution in [3.8, 4) is 11.5 Å². The number of phenols is 1. The first-order valence-electron chi connectivity index (χ1n) is 8.64. The average Bonchev–Trinajstić information content (AvgIpc) is 2.67. The van der Waals surface area contributed by atoms with Crippen molar-refractivity contribution in [1.29, 1.82) is 0 Å². The van der Waals surface area contributed by atoms with Crippen LogP contribution in [0.4, 0.5) is 0 Å². The van der Waals surface area contributed by atoms with Gasteiger partial charge >= 0.3 is 0 Å². The van der Waals surface area contributed by atoms with E-state index in [2.05, 4.69) is 10.0 Å². The summed E-state index contributed by atoms with van der Waals surface area (Å²) in [4.78, 5) is 12.2. The maximum atomic E-state index is 12.2. The van der Waals surface area contributed by atoms with Gasteiger partial charge in [0.15, 0.2) is 6.10 Å². The largest absolute Gasteiger partial charge is 0.508 e. The lowest BCUT2D eigenvalue weighted by Gasteiger charge is -2.15. The monoisotopic (exact) mass is 392 g/mol. The molecule has 0 aliphatic rings. The zero-order chi connectivity index (χ0) is 19.9. The molecule has 0 bridgehead atoms. The van der Waals surface area contributed by atoms with Gasteiger partial charge in [-0.3, -0.25) is 4.79 Å². The molecular weight excluding hydrogens is 368 g/mol. The zero-order valence-corrected chi connectivity index (χ0v) is 16.1. The van der Waals surface area contributed by atoms with Gasteiger partial charge in [-0.05, 0) is 55.3 Å². The summed E-state index contributed by atoms with van der Waals surface area (Å²) >= 11 is 0. The molecule has 1 atom stereocenters. The Labute approximate surface area is 159 Å². The number of carbonyl (C=O) groups excluding carboxylic acids is 1. The van der Waals surface area contributed by atoms with Gasteiger partial charge in [-0.25, -0.2) is 13.1 Å². The minimum atomic E-state index is -3.61. The number of aryl methyl sites for hydroxylation is 1. The Morgan fingerprint density at radius 3 is 2.30 bits per heavy atom. The minimum absolute atomic E-state index is 0.0650. The van der Waals surface area contributed by atoms with E-state index in [-0.39, 0.29) is 29.6 Å². The highest BCUT2D eigenvalue weighted by atomic mass is 32.2. The topological polar surface area (TPSA) is 105 Å². The standard InChI is InChI=1S/C19H24N2O5S/c1-3-15-4-10-18(11-5-15)27(24,25)21-13-12-20-19(23)14(2)26-17-8-6-16(22)7-9-17/h4-11,14,21-22H,3,12-13H2,1-2H3,(H,20,23). The molecule has 3 N–H and O–H groups in total. The Morgan fingerprint density at radius 1 is 1.07 bits per heavy atom. The molecular formula is C19H24N2O5S. The van der Waals surface area contributed by atoms with Gasteiger partial charge in [0.1, 0.15) is 11.5 Å². The fourth-order valence-electron chi connectivity index (χ4n) is 2.28. The SMILES string of the molecule is CCc1ccc(S(=O)(=O)NCCNC(=O)C(C)Oc2ccc(O)cc2)cc1. The number of ether oxygens (including phenoxy) is 1. The highest BCUT2D eigenvalue weighted by Gasteiger charge is 2.16. The van der Waals surface area contributed by atoms with E-state index >= 15 is 0 Å². The van der Waals surface area contributed by atoms with Gasteiger partial charge in [-0.2, -0.15) is 0 Å². The van der Waals surface area contributed by atoms with E-state index < -0.39 is 16.1 Å². The van der Waals surface area contributed by atoms with Crippen molar-refractivity contribution < 1.29 is 23.1 Å². The van der Waals surface area contributed by atoms with E-state index in [1.54, 1.807) is 43.3 Å². The molecule has 146 valence electrons. The molecule has 0 spiro atoms. The Bertz CT molecular complexity index is 849. The number of hydrogen-bond donors (Lipinski definition) is 3. The van der Waals surface area contributed by atoms with Crippen LogP contribution in [0.5, 0.6) is 11.5 Å². The molecule has 0 aliphatic carbocycles. The molecule has 0 aliphatic heterocycles. The van der Waals surface area contributed by atoms with Gasteiger partial charge in [-0.1, -0.05) is 19.1 Å². The molecule has 0 fully saturated rings. The third-order valence-electron chi connectivity index (χ3n) is 3.88. The molecule has 0 heterocycles. The van der Waals surface area contributed by atoms with Crippen LogP contribution in [-0.4, -0.2) is 38.6 Å². The second-order valence-electron chi connectivity index (χ2n) is 5.94. The number of sulfonamides is 1. The Morgan fingerprint density at radius 2 is 1.70 bits per heavy atom. The van der Waals surface area contributed by atoms with Gasteiger partial charge in [0.05, 0.1) is 4.90 Å². The predicted molar refractivity (Wildman–Crippen MR) is 102 cm³/mol. The van der Waals surface area contributed by atoms with E-state index in [0.29, 0.717) is 5.75 Å². The molecule has 2 rings (SSSR count). The number of amides is 1. The molecule has 7 nitrogen and oxygen atoms in total. The third kappa shape index (κ3) is 6.26. The number of phenolic OH excluding ortho intramolecular Hbond substituents is 1. The van der Waals surface area contributed by atoms with Crippen LogP contribution in [0.2, 0.25) is 0 Å². The van der Waals surface area contributed by atoms with Gasteiger partial charge in [-0.15, -0.1) is 0 Å². The van der Waals surface area contributed by atoms with Crippen LogP contribution in [-0.2, 0) is 21.2 Å². The fourth-order valence-corrected chi connectivity index (χ4v) is 3.32. The van der Waals surface area contributed by atoms with Crippen LogP contribution in [0.25, 0.3) is 0 Å². The molecule has 0 saturated heterocycles. The van der Waals surface area contributed by atoms with Crippen molar-refractivity contribution >= 4 is 15.9 Å². The summed E-state index contributed by atoms with van der Waals surface area (Å²) in [7, 11) is -3.61. The molecule has 1 amide bonds. The number of aromatic hydroxyl groups is 1. The second-order valence-corrected chi connectivity index (χ2v) is 7.71. The Balaban J connectivity index is 1.77.